The summed E-state index contributed by atoms with van der Waals surface area (Å²) < 4.78 is 0. The molecule has 18 heavy (non-hydrogen) atoms. The highest BCUT2D eigenvalue weighted by Crippen LogP contribution is 2.36. The molecule has 94 valence electrons. The van der Waals surface area contributed by atoms with Crippen LogP contribution in [0.15, 0.2) is 12.1 Å². The summed E-state index contributed by atoms with van der Waals surface area (Å²) in [6, 6.07) is 2.98. The zero-order valence-electron chi connectivity index (χ0n) is 10.1. The lowest BCUT2D eigenvalue weighted by atomic mass is 10.0. The minimum atomic E-state index is -0.150. The lowest BCUT2D eigenvalue weighted by Crippen LogP contribution is -2.02. The molecular weight excluding hydrogens is 228 g/mol. The van der Waals surface area contributed by atoms with Crippen molar-refractivity contribution in [1.29, 1.82) is 0 Å². The van der Waals surface area contributed by atoms with Crippen LogP contribution in [0.4, 0.5) is 5.69 Å². The minimum absolute atomic E-state index is 0.149. The van der Waals surface area contributed by atoms with E-state index in [-0.39, 0.29) is 11.5 Å². The van der Waals surface area contributed by atoms with E-state index in [4.69, 9.17) is 5.73 Å². The zero-order valence-corrected chi connectivity index (χ0v) is 10.1. The summed E-state index contributed by atoms with van der Waals surface area (Å²) in [6.07, 6.45) is 5.36. The van der Waals surface area contributed by atoms with Gasteiger partial charge in [0.2, 0.25) is 0 Å². The Morgan fingerprint density at radius 1 is 1.00 bits per heavy atom. The fourth-order valence-corrected chi connectivity index (χ4v) is 2.66. The van der Waals surface area contributed by atoms with Gasteiger partial charge < -0.3 is 15.9 Å². The fraction of sp³-hybridized carbons (Fsp3) is 0.357. The van der Waals surface area contributed by atoms with Crippen LogP contribution < -0.4 is 5.73 Å². The van der Waals surface area contributed by atoms with Crippen molar-refractivity contribution in [2.75, 3.05) is 5.73 Å². The number of nitrogens with zero attached hydrogens (tertiary/aromatic N) is 1. The number of benzene rings is 1. The molecule has 0 saturated heterocycles. The maximum atomic E-state index is 9.57. The number of phenolic OH excluding ortho intramolecular Hbond substituents is 2. The number of anilines is 1. The number of phenols is 2. The summed E-state index contributed by atoms with van der Waals surface area (Å²) in [7, 11) is 0. The van der Waals surface area contributed by atoms with Crippen molar-refractivity contribution in [3.63, 3.8) is 0 Å². The summed E-state index contributed by atoms with van der Waals surface area (Å²) >= 11 is 0. The number of aromatic hydroxyl groups is 2. The molecule has 4 heteroatoms. The molecule has 2 aromatic rings. The first-order valence-corrected chi connectivity index (χ1v) is 6.29. The number of rotatable bonds is 0. The Balaban J connectivity index is 2.31. The maximum absolute atomic E-state index is 9.57. The SMILES string of the molecule is Nc1c2c(nc3cc(O)c(O)cc13)CCCCC2. The standard InChI is InChI=1S/C14H16N2O2/c15-14-8-4-2-1-3-5-10(8)16-11-7-13(18)12(17)6-9(11)14/h6-7,17-18H,1-5H2,(H2,15,16). The van der Waals surface area contributed by atoms with Crippen LogP contribution in [0.2, 0.25) is 0 Å². The van der Waals surface area contributed by atoms with E-state index in [9.17, 15) is 10.2 Å². The van der Waals surface area contributed by atoms with E-state index in [2.05, 4.69) is 4.98 Å². The van der Waals surface area contributed by atoms with Crippen molar-refractivity contribution in [3.8, 4) is 11.5 Å². The Bertz CT molecular complexity index is 623. The molecule has 1 heterocycles. The topological polar surface area (TPSA) is 79.4 Å². The minimum Gasteiger partial charge on any atom is -0.504 e. The lowest BCUT2D eigenvalue weighted by molar-refractivity contribution is 0.405. The predicted octanol–water partition coefficient (Wildman–Crippen LogP) is 2.50. The van der Waals surface area contributed by atoms with E-state index in [1.54, 1.807) is 0 Å². The number of nitrogen functional groups attached to an aromatic ring is 1. The predicted molar refractivity (Wildman–Crippen MR) is 70.7 cm³/mol. The molecule has 1 aliphatic rings. The average Bonchev–Trinajstić information content (AvgIpc) is 2.58. The van der Waals surface area contributed by atoms with Crippen molar-refractivity contribution < 1.29 is 10.2 Å². The van der Waals surface area contributed by atoms with Crippen molar-refractivity contribution in [3.05, 3.63) is 23.4 Å². The molecule has 4 nitrogen and oxygen atoms in total. The first kappa shape index (κ1) is 11.1. The van der Waals surface area contributed by atoms with Gasteiger partial charge >= 0.3 is 0 Å². The number of hydrogen-bond donors (Lipinski definition) is 3. The Labute approximate surface area is 105 Å². The normalized spacial score (nSPS) is 15.3. The van der Waals surface area contributed by atoms with Crippen molar-refractivity contribution in [2.24, 2.45) is 0 Å². The fourth-order valence-electron chi connectivity index (χ4n) is 2.66. The molecule has 0 amide bonds. The quantitative estimate of drug-likeness (QED) is 0.491. The summed E-state index contributed by atoms with van der Waals surface area (Å²) in [6.45, 7) is 0. The molecule has 1 aromatic heterocycles. The molecule has 1 aliphatic carbocycles. The van der Waals surface area contributed by atoms with E-state index in [0.717, 1.165) is 42.3 Å². The first-order chi connectivity index (χ1) is 8.66. The highest BCUT2D eigenvalue weighted by Gasteiger charge is 2.16. The second kappa shape index (κ2) is 4.05. The van der Waals surface area contributed by atoms with Crippen LogP contribution in [-0.4, -0.2) is 15.2 Å². The Morgan fingerprint density at radius 3 is 2.56 bits per heavy atom. The monoisotopic (exact) mass is 244 g/mol. The van der Waals surface area contributed by atoms with Crippen molar-refractivity contribution in [1.82, 2.24) is 4.98 Å². The number of aryl methyl sites for hydroxylation is 1. The lowest BCUT2D eigenvalue weighted by Gasteiger charge is -2.12. The Morgan fingerprint density at radius 2 is 1.72 bits per heavy atom. The van der Waals surface area contributed by atoms with Gasteiger partial charge in [-0.2, -0.15) is 0 Å². The van der Waals surface area contributed by atoms with Crippen LogP contribution in [0.25, 0.3) is 10.9 Å². The van der Waals surface area contributed by atoms with Crippen LogP contribution in [0.5, 0.6) is 11.5 Å². The average molecular weight is 244 g/mol. The molecule has 0 unspecified atom stereocenters. The third-order valence-corrected chi connectivity index (χ3v) is 3.65. The van der Waals surface area contributed by atoms with Gasteiger partial charge in [-0.1, -0.05) is 6.42 Å². The van der Waals surface area contributed by atoms with Gasteiger partial charge in [-0.05, 0) is 37.3 Å². The van der Waals surface area contributed by atoms with Crippen LogP contribution in [0.3, 0.4) is 0 Å². The third kappa shape index (κ3) is 1.65. The van der Waals surface area contributed by atoms with Crippen molar-refractivity contribution in [2.45, 2.75) is 32.1 Å². The molecule has 0 saturated carbocycles. The molecule has 4 N–H and O–H groups in total. The highest BCUT2D eigenvalue weighted by molar-refractivity contribution is 5.94. The van der Waals surface area contributed by atoms with E-state index >= 15 is 0 Å². The summed E-state index contributed by atoms with van der Waals surface area (Å²) in [5.41, 5.74) is 9.71. The molecule has 0 aliphatic heterocycles. The second-order valence-corrected chi connectivity index (χ2v) is 4.87. The molecule has 0 radical (unpaired) electrons. The largest absolute Gasteiger partial charge is 0.504 e. The zero-order chi connectivity index (χ0) is 12.7. The number of pyridine rings is 1. The molecule has 0 spiro atoms. The summed E-state index contributed by atoms with van der Waals surface area (Å²) in [4.78, 5) is 4.59. The van der Waals surface area contributed by atoms with Gasteiger partial charge in [0.05, 0.1) is 5.52 Å². The van der Waals surface area contributed by atoms with Gasteiger partial charge in [-0.15, -0.1) is 0 Å². The Hall–Kier alpha value is -1.97. The van der Waals surface area contributed by atoms with Crippen LogP contribution >= 0.6 is 0 Å². The van der Waals surface area contributed by atoms with Gasteiger partial charge in [0, 0.05) is 22.8 Å². The van der Waals surface area contributed by atoms with E-state index in [1.165, 1.54) is 18.6 Å². The molecule has 0 atom stereocenters. The first-order valence-electron chi connectivity index (χ1n) is 6.29. The molecule has 0 fully saturated rings. The van der Waals surface area contributed by atoms with Gasteiger partial charge in [0.25, 0.3) is 0 Å². The summed E-state index contributed by atoms with van der Waals surface area (Å²) in [5.74, 6) is -0.299. The Kier molecular flexibility index (Phi) is 2.51. The smallest absolute Gasteiger partial charge is 0.159 e. The van der Waals surface area contributed by atoms with Gasteiger partial charge in [0.1, 0.15) is 0 Å². The van der Waals surface area contributed by atoms with Gasteiger partial charge in [-0.25, -0.2) is 0 Å². The van der Waals surface area contributed by atoms with E-state index < -0.39 is 0 Å². The number of hydrogen-bond acceptors (Lipinski definition) is 4. The van der Waals surface area contributed by atoms with E-state index in [0.29, 0.717) is 11.2 Å². The maximum Gasteiger partial charge on any atom is 0.159 e. The van der Waals surface area contributed by atoms with Gasteiger partial charge in [-0.3, -0.25) is 4.98 Å². The molecular formula is C14H16N2O2. The van der Waals surface area contributed by atoms with Crippen molar-refractivity contribution >= 4 is 16.6 Å². The number of nitrogens with two attached hydrogens (primary N) is 1. The second-order valence-electron chi connectivity index (χ2n) is 4.87. The van der Waals surface area contributed by atoms with Gasteiger partial charge in [0.15, 0.2) is 11.5 Å². The molecule has 0 bridgehead atoms. The van der Waals surface area contributed by atoms with Crippen LogP contribution in [-0.2, 0) is 12.8 Å². The highest BCUT2D eigenvalue weighted by atomic mass is 16.3. The van der Waals surface area contributed by atoms with E-state index in [1.807, 2.05) is 0 Å². The third-order valence-electron chi connectivity index (χ3n) is 3.65. The van der Waals surface area contributed by atoms with Crippen LogP contribution in [0.1, 0.15) is 30.5 Å². The number of fused-ring (bicyclic) bond motifs is 2. The summed E-state index contributed by atoms with van der Waals surface area (Å²) in [5, 5.41) is 19.8. The van der Waals surface area contributed by atoms with Crippen LogP contribution in [0, 0.1) is 0 Å². The molecule has 3 rings (SSSR count). The number of aromatic nitrogens is 1. The molecule has 1 aromatic carbocycles.